The molecule has 1 N–H and O–H groups in total. The van der Waals surface area contributed by atoms with Gasteiger partial charge in [-0.3, -0.25) is 4.79 Å². The van der Waals surface area contributed by atoms with Gasteiger partial charge in [0.2, 0.25) is 5.91 Å². The van der Waals surface area contributed by atoms with Crippen LogP contribution < -0.4 is 10.1 Å². The molecule has 1 aromatic carbocycles. The fourth-order valence-electron chi connectivity index (χ4n) is 1.63. The molecular weight excluding hydrogens is 267 g/mol. The Morgan fingerprint density at radius 1 is 1.53 bits per heavy atom. The van der Waals surface area contributed by atoms with Gasteiger partial charge in [-0.25, -0.2) is 9.37 Å². The van der Waals surface area contributed by atoms with Crippen molar-refractivity contribution in [3.05, 3.63) is 40.7 Å². The summed E-state index contributed by atoms with van der Waals surface area (Å²) >= 11 is 1.35. The van der Waals surface area contributed by atoms with Crippen LogP contribution in [0.15, 0.2) is 23.6 Å². The standard InChI is InChI=1S/C13H13FN2O2S/c1-8-7-19-13(15-8)16-12(17)6-9-5-10(14)3-4-11(9)18-2/h3-5,7H,6H2,1-2H3,(H,15,16,17). The number of amides is 1. The van der Waals surface area contributed by atoms with Crippen LogP contribution in [0.3, 0.4) is 0 Å². The van der Waals surface area contributed by atoms with Gasteiger partial charge < -0.3 is 10.1 Å². The number of hydrogen-bond donors (Lipinski definition) is 1. The summed E-state index contributed by atoms with van der Waals surface area (Å²) in [6, 6.07) is 4.10. The molecule has 1 amide bonds. The van der Waals surface area contributed by atoms with Crippen molar-refractivity contribution in [3.63, 3.8) is 0 Å². The zero-order chi connectivity index (χ0) is 13.8. The molecule has 0 saturated heterocycles. The summed E-state index contributed by atoms with van der Waals surface area (Å²) in [5, 5.41) is 5.06. The number of halogens is 1. The van der Waals surface area contributed by atoms with Gasteiger partial charge in [0, 0.05) is 10.9 Å². The molecule has 0 unspecified atom stereocenters. The van der Waals surface area contributed by atoms with E-state index in [1.165, 1.54) is 36.6 Å². The average Bonchev–Trinajstić information content (AvgIpc) is 2.75. The highest BCUT2D eigenvalue weighted by atomic mass is 32.1. The molecule has 100 valence electrons. The highest BCUT2D eigenvalue weighted by molar-refractivity contribution is 7.13. The Morgan fingerprint density at radius 2 is 2.32 bits per heavy atom. The number of rotatable bonds is 4. The molecule has 0 spiro atoms. The second-order valence-corrected chi connectivity index (χ2v) is 4.83. The van der Waals surface area contributed by atoms with E-state index in [4.69, 9.17) is 4.74 Å². The van der Waals surface area contributed by atoms with E-state index in [9.17, 15) is 9.18 Å². The summed E-state index contributed by atoms with van der Waals surface area (Å²) in [6.45, 7) is 1.85. The predicted molar refractivity (Wildman–Crippen MR) is 72.1 cm³/mol. The van der Waals surface area contributed by atoms with Crippen LogP contribution in [-0.2, 0) is 11.2 Å². The lowest BCUT2D eigenvalue weighted by atomic mass is 10.1. The minimum Gasteiger partial charge on any atom is -0.496 e. The van der Waals surface area contributed by atoms with E-state index in [1.54, 1.807) is 0 Å². The first-order valence-electron chi connectivity index (χ1n) is 5.63. The van der Waals surface area contributed by atoms with E-state index in [1.807, 2.05) is 12.3 Å². The number of methoxy groups -OCH3 is 1. The number of nitrogens with one attached hydrogen (secondary N) is 1. The van der Waals surface area contributed by atoms with Crippen LogP contribution in [0.1, 0.15) is 11.3 Å². The van der Waals surface area contributed by atoms with Crippen molar-refractivity contribution < 1.29 is 13.9 Å². The number of ether oxygens (including phenoxy) is 1. The Bertz CT molecular complexity index is 598. The molecule has 2 aromatic rings. The molecule has 0 aliphatic heterocycles. The Labute approximate surface area is 114 Å². The van der Waals surface area contributed by atoms with E-state index in [0.29, 0.717) is 16.4 Å². The number of carbonyl (C=O) groups excluding carboxylic acids is 1. The summed E-state index contributed by atoms with van der Waals surface area (Å²) in [4.78, 5) is 16.0. The van der Waals surface area contributed by atoms with E-state index in [0.717, 1.165) is 5.69 Å². The Morgan fingerprint density at radius 3 is 2.95 bits per heavy atom. The number of hydrogen-bond acceptors (Lipinski definition) is 4. The third-order valence-electron chi connectivity index (χ3n) is 2.46. The summed E-state index contributed by atoms with van der Waals surface area (Å²) in [7, 11) is 1.48. The zero-order valence-corrected chi connectivity index (χ0v) is 11.4. The lowest BCUT2D eigenvalue weighted by Crippen LogP contribution is -2.15. The SMILES string of the molecule is COc1ccc(F)cc1CC(=O)Nc1nc(C)cs1. The lowest BCUT2D eigenvalue weighted by Gasteiger charge is -2.08. The molecule has 0 bridgehead atoms. The maximum absolute atomic E-state index is 13.2. The van der Waals surface area contributed by atoms with E-state index < -0.39 is 5.82 Å². The normalized spacial score (nSPS) is 10.3. The van der Waals surface area contributed by atoms with Gasteiger partial charge in [0.1, 0.15) is 11.6 Å². The Kier molecular flexibility index (Phi) is 4.11. The van der Waals surface area contributed by atoms with Crippen LogP contribution in [0.2, 0.25) is 0 Å². The molecule has 0 fully saturated rings. The van der Waals surface area contributed by atoms with Gasteiger partial charge in [0.25, 0.3) is 0 Å². The van der Waals surface area contributed by atoms with E-state index in [2.05, 4.69) is 10.3 Å². The second kappa shape index (κ2) is 5.79. The van der Waals surface area contributed by atoms with Gasteiger partial charge in [-0.2, -0.15) is 0 Å². The van der Waals surface area contributed by atoms with Crippen molar-refractivity contribution in [1.82, 2.24) is 4.98 Å². The van der Waals surface area contributed by atoms with Gasteiger partial charge in [-0.05, 0) is 25.1 Å². The van der Waals surface area contributed by atoms with Gasteiger partial charge in [0.15, 0.2) is 5.13 Å². The minimum absolute atomic E-state index is 0.0412. The first kappa shape index (κ1) is 13.5. The maximum atomic E-state index is 13.2. The van der Waals surface area contributed by atoms with E-state index >= 15 is 0 Å². The molecule has 2 rings (SSSR count). The molecule has 19 heavy (non-hydrogen) atoms. The third-order valence-corrected chi connectivity index (χ3v) is 3.33. The molecular formula is C13H13FN2O2S. The molecule has 1 heterocycles. The first-order chi connectivity index (χ1) is 9.08. The smallest absolute Gasteiger partial charge is 0.230 e. The second-order valence-electron chi connectivity index (χ2n) is 3.98. The number of benzene rings is 1. The van der Waals surface area contributed by atoms with Crippen LogP contribution in [0.25, 0.3) is 0 Å². The summed E-state index contributed by atoms with van der Waals surface area (Å²) in [5.74, 6) is -0.154. The van der Waals surface area contributed by atoms with Crippen LogP contribution in [0.5, 0.6) is 5.75 Å². The van der Waals surface area contributed by atoms with Crippen molar-refractivity contribution in [1.29, 1.82) is 0 Å². The van der Waals surface area contributed by atoms with Crippen LogP contribution in [0, 0.1) is 12.7 Å². The number of aryl methyl sites for hydroxylation is 1. The fraction of sp³-hybridized carbons (Fsp3) is 0.231. The van der Waals surface area contributed by atoms with Gasteiger partial charge in [-0.1, -0.05) is 0 Å². The van der Waals surface area contributed by atoms with Gasteiger partial charge in [-0.15, -0.1) is 11.3 Å². The predicted octanol–water partition coefficient (Wildman–Crippen LogP) is 2.78. The number of carbonyl (C=O) groups is 1. The van der Waals surface area contributed by atoms with Crippen LogP contribution in [-0.4, -0.2) is 18.0 Å². The molecule has 0 saturated carbocycles. The zero-order valence-electron chi connectivity index (χ0n) is 10.6. The first-order valence-corrected chi connectivity index (χ1v) is 6.51. The summed E-state index contributed by atoms with van der Waals surface area (Å²) in [5.41, 5.74) is 1.36. The molecule has 1 aromatic heterocycles. The number of thiazole rings is 1. The highest BCUT2D eigenvalue weighted by Gasteiger charge is 2.11. The maximum Gasteiger partial charge on any atom is 0.230 e. The van der Waals surface area contributed by atoms with Crippen molar-refractivity contribution in [3.8, 4) is 5.75 Å². The largest absolute Gasteiger partial charge is 0.496 e. The monoisotopic (exact) mass is 280 g/mol. The Hall–Kier alpha value is -1.95. The molecule has 4 nitrogen and oxygen atoms in total. The fourth-order valence-corrected chi connectivity index (χ4v) is 2.34. The van der Waals surface area contributed by atoms with Crippen LogP contribution >= 0.6 is 11.3 Å². The average molecular weight is 280 g/mol. The minimum atomic E-state index is -0.395. The van der Waals surface area contributed by atoms with Crippen molar-refractivity contribution in [2.24, 2.45) is 0 Å². The van der Waals surface area contributed by atoms with Crippen molar-refractivity contribution in [2.75, 3.05) is 12.4 Å². The topological polar surface area (TPSA) is 51.2 Å². The molecule has 0 atom stereocenters. The quantitative estimate of drug-likeness (QED) is 0.937. The van der Waals surface area contributed by atoms with E-state index in [-0.39, 0.29) is 12.3 Å². The number of aromatic nitrogens is 1. The van der Waals surface area contributed by atoms with Crippen molar-refractivity contribution >= 4 is 22.4 Å². The third kappa shape index (κ3) is 3.51. The molecule has 0 radical (unpaired) electrons. The van der Waals surface area contributed by atoms with Gasteiger partial charge in [0.05, 0.1) is 19.2 Å². The van der Waals surface area contributed by atoms with Crippen molar-refractivity contribution in [2.45, 2.75) is 13.3 Å². The summed E-state index contributed by atoms with van der Waals surface area (Å²) in [6.07, 6.45) is 0.0412. The van der Waals surface area contributed by atoms with Crippen LogP contribution in [0.4, 0.5) is 9.52 Å². The number of anilines is 1. The molecule has 0 aliphatic carbocycles. The Balaban J connectivity index is 2.08. The number of nitrogens with zero attached hydrogens (tertiary/aromatic N) is 1. The highest BCUT2D eigenvalue weighted by Crippen LogP contribution is 2.21. The molecule has 6 heteroatoms. The summed E-state index contributed by atoms with van der Waals surface area (Å²) < 4.78 is 18.3. The lowest BCUT2D eigenvalue weighted by molar-refractivity contribution is -0.115. The molecule has 0 aliphatic rings. The van der Waals surface area contributed by atoms with Gasteiger partial charge >= 0.3 is 0 Å².